The van der Waals surface area contributed by atoms with Crippen LogP contribution < -0.4 is 33.4 Å². The van der Waals surface area contributed by atoms with Crippen molar-refractivity contribution in [2.45, 2.75) is 12.8 Å². The number of aromatic hydroxyl groups is 1. The van der Waals surface area contributed by atoms with Crippen LogP contribution in [0.1, 0.15) is 12.8 Å². The second-order valence-electron chi connectivity index (χ2n) is 3.49. The van der Waals surface area contributed by atoms with Crippen LogP contribution in [0.3, 0.4) is 0 Å². The fraction of sp³-hybridized carbons (Fsp3) is 0.333. The summed E-state index contributed by atoms with van der Waals surface area (Å²) in [5.41, 5.74) is 1.81. The highest BCUT2D eigenvalue weighted by molar-refractivity contribution is 5.81. The van der Waals surface area contributed by atoms with Crippen molar-refractivity contribution < 1.29 is 9.52 Å². The first-order valence-corrected chi connectivity index (χ1v) is 5.15. The summed E-state index contributed by atoms with van der Waals surface area (Å²) >= 11 is 0. The highest BCUT2D eigenvalue weighted by Gasteiger charge is 2.10. The third-order valence-electron chi connectivity index (χ3n) is 2.27. The van der Waals surface area contributed by atoms with Gasteiger partial charge in [0.25, 0.3) is 5.43 Å². The lowest BCUT2D eigenvalue weighted by atomic mass is 10.2. The zero-order valence-corrected chi connectivity index (χ0v) is 9.67. The molecule has 9 nitrogen and oxygen atoms in total. The maximum atomic E-state index is 11.5. The van der Waals surface area contributed by atoms with Gasteiger partial charge in [-0.15, -0.1) is 0 Å². The summed E-state index contributed by atoms with van der Waals surface area (Å²) in [5.74, 6) is 15.8. The SMILES string of the molecule is N/N=C(/CCCN(N)c1cocc(O)c1=O)NN. The molecule has 1 heterocycles. The van der Waals surface area contributed by atoms with Crippen LogP contribution in [-0.4, -0.2) is 17.5 Å². The maximum Gasteiger partial charge on any atom is 0.251 e. The van der Waals surface area contributed by atoms with Crippen molar-refractivity contribution in [1.29, 1.82) is 0 Å². The van der Waals surface area contributed by atoms with E-state index in [-0.39, 0.29) is 5.69 Å². The van der Waals surface area contributed by atoms with Gasteiger partial charge in [-0.05, 0) is 6.42 Å². The summed E-state index contributed by atoms with van der Waals surface area (Å²) in [6.45, 7) is 0.342. The Bertz CT molecular complexity index is 472. The first-order chi connectivity index (χ1) is 8.60. The van der Waals surface area contributed by atoms with Crippen LogP contribution in [0.4, 0.5) is 5.69 Å². The first kappa shape index (κ1) is 13.8. The molecule has 9 heteroatoms. The highest BCUT2D eigenvalue weighted by Crippen LogP contribution is 2.10. The molecule has 0 spiro atoms. The number of hydrogen-bond acceptors (Lipinski definition) is 8. The molecule has 18 heavy (non-hydrogen) atoms. The summed E-state index contributed by atoms with van der Waals surface area (Å²) in [4.78, 5) is 11.5. The van der Waals surface area contributed by atoms with Crippen molar-refractivity contribution in [1.82, 2.24) is 5.43 Å². The minimum Gasteiger partial charge on any atom is -0.502 e. The van der Waals surface area contributed by atoms with E-state index in [1.165, 1.54) is 11.3 Å². The minimum absolute atomic E-state index is 0.0712. The summed E-state index contributed by atoms with van der Waals surface area (Å²) in [6, 6.07) is 0. The lowest BCUT2D eigenvalue weighted by Crippen LogP contribution is -2.37. The van der Waals surface area contributed by atoms with Crippen LogP contribution in [0.5, 0.6) is 5.75 Å². The molecule has 0 aromatic carbocycles. The van der Waals surface area contributed by atoms with Crippen molar-refractivity contribution in [3.63, 3.8) is 0 Å². The molecule has 0 bridgehead atoms. The van der Waals surface area contributed by atoms with Crippen LogP contribution in [-0.2, 0) is 0 Å². The Morgan fingerprint density at radius 3 is 2.89 bits per heavy atom. The molecule has 0 radical (unpaired) electrons. The van der Waals surface area contributed by atoms with Crippen LogP contribution in [0.15, 0.2) is 26.8 Å². The fourth-order valence-corrected chi connectivity index (χ4v) is 1.31. The normalized spacial score (nSPS) is 11.3. The largest absolute Gasteiger partial charge is 0.502 e. The van der Waals surface area contributed by atoms with Gasteiger partial charge in [-0.2, -0.15) is 5.10 Å². The Hall–Kier alpha value is -2.26. The van der Waals surface area contributed by atoms with Gasteiger partial charge in [0.1, 0.15) is 24.0 Å². The molecule has 0 atom stereocenters. The minimum atomic E-state index is -0.589. The van der Waals surface area contributed by atoms with Gasteiger partial charge in [-0.1, -0.05) is 0 Å². The van der Waals surface area contributed by atoms with Crippen LogP contribution in [0.2, 0.25) is 0 Å². The average molecular weight is 256 g/mol. The number of nitrogens with two attached hydrogens (primary N) is 3. The molecule has 0 unspecified atom stereocenters. The van der Waals surface area contributed by atoms with Gasteiger partial charge in [-0.25, -0.2) is 11.7 Å². The molecular weight excluding hydrogens is 240 g/mol. The second kappa shape index (κ2) is 6.47. The third kappa shape index (κ3) is 3.37. The van der Waals surface area contributed by atoms with E-state index in [0.29, 0.717) is 25.2 Å². The van der Waals surface area contributed by atoms with E-state index in [4.69, 9.17) is 21.9 Å². The number of anilines is 1. The number of hydrogen-bond donors (Lipinski definition) is 5. The van der Waals surface area contributed by atoms with E-state index in [1.54, 1.807) is 0 Å². The van der Waals surface area contributed by atoms with E-state index in [2.05, 4.69) is 10.5 Å². The van der Waals surface area contributed by atoms with Gasteiger partial charge >= 0.3 is 0 Å². The lowest BCUT2D eigenvalue weighted by Gasteiger charge is -2.17. The zero-order valence-electron chi connectivity index (χ0n) is 9.67. The van der Waals surface area contributed by atoms with Crippen molar-refractivity contribution in [3.8, 4) is 5.75 Å². The molecule has 0 aliphatic rings. The third-order valence-corrected chi connectivity index (χ3v) is 2.27. The van der Waals surface area contributed by atoms with Crippen molar-refractivity contribution >= 4 is 11.5 Å². The molecule has 0 saturated carbocycles. The average Bonchev–Trinajstić information content (AvgIpc) is 2.37. The monoisotopic (exact) mass is 256 g/mol. The van der Waals surface area contributed by atoms with E-state index in [1.807, 2.05) is 0 Å². The Morgan fingerprint density at radius 1 is 1.56 bits per heavy atom. The Balaban J connectivity index is 2.58. The number of rotatable bonds is 5. The Kier molecular flexibility index (Phi) is 4.96. The van der Waals surface area contributed by atoms with Gasteiger partial charge in [0.2, 0.25) is 5.75 Å². The molecule has 0 amide bonds. The summed E-state index contributed by atoms with van der Waals surface area (Å²) < 4.78 is 4.76. The lowest BCUT2D eigenvalue weighted by molar-refractivity contribution is 0.429. The van der Waals surface area contributed by atoms with Crippen molar-refractivity contribution in [2.75, 3.05) is 11.6 Å². The summed E-state index contributed by atoms with van der Waals surface area (Å²) in [7, 11) is 0. The highest BCUT2D eigenvalue weighted by atomic mass is 16.3. The summed E-state index contributed by atoms with van der Waals surface area (Å²) in [6.07, 6.45) is 3.15. The van der Waals surface area contributed by atoms with Crippen molar-refractivity contribution in [2.24, 2.45) is 22.6 Å². The number of amidine groups is 1. The molecule has 0 saturated heterocycles. The summed E-state index contributed by atoms with van der Waals surface area (Å²) in [5, 5.41) is 13.8. The Morgan fingerprint density at radius 2 is 2.28 bits per heavy atom. The predicted octanol–water partition coefficient (Wildman–Crippen LogP) is -1.46. The topological polar surface area (TPSA) is 156 Å². The van der Waals surface area contributed by atoms with Gasteiger partial charge < -0.3 is 25.8 Å². The molecule has 0 aliphatic heterocycles. The van der Waals surface area contributed by atoms with E-state index < -0.39 is 11.2 Å². The van der Waals surface area contributed by atoms with E-state index in [9.17, 15) is 9.90 Å². The molecule has 1 aromatic rings. The first-order valence-electron chi connectivity index (χ1n) is 5.15. The molecule has 1 aromatic heterocycles. The number of hydrazine groups is 2. The molecule has 0 fully saturated rings. The predicted molar refractivity (Wildman–Crippen MR) is 66.4 cm³/mol. The second-order valence-corrected chi connectivity index (χ2v) is 3.49. The quantitative estimate of drug-likeness (QED) is 0.185. The van der Waals surface area contributed by atoms with Crippen molar-refractivity contribution in [3.05, 3.63) is 22.7 Å². The maximum absolute atomic E-state index is 11.5. The Labute approximate surface area is 103 Å². The number of nitrogens with zero attached hydrogens (tertiary/aromatic N) is 2. The van der Waals surface area contributed by atoms with E-state index in [0.717, 1.165) is 6.26 Å². The molecule has 0 aliphatic carbocycles. The zero-order chi connectivity index (χ0) is 13.5. The van der Waals surface area contributed by atoms with Gasteiger partial charge in [0, 0.05) is 13.0 Å². The van der Waals surface area contributed by atoms with E-state index >= 15 is 0 Å². The van der Waals surface area contributed by atoms with Crippen LogP contribution in [0.25, 0.3) is 0 Å². The number of hydrazone groups is 1. The van der Waals surface area contributed by atoms with Gasteiger partial charge in [0.15, 0.2) is 0 Å². The molecule has 1 rings (SSSR count). The molecule has 100 valence electrons. The van der Waals surface area contributed by atoms with Crippen LogP contribution >= 0.6 is 0 Å². The molecular formula is C9H16N6O3. The van der Waals surface area contributed by atoms with Crippen LogP contribution in [0, 0.1) is 0 Å². The van der Waals surface area contributed by atoms with Gasteiger partial charge in [-0.3, -0.25) is 4.79 Å². The fourth-order valence-electron chi connectivity index (χ4n) is 1.31. The van der Waals surface area contributed by atoms with Gasteiger partial charge in [0.05, 0.1) is 0 Å². The standard InChI is InChI=1S/C9H16N6O3/c10-13-8(14-11)2-1-3-15(12)6-4-18-5-7(16)9(6)17/h4-5,16H,1-3,10-12H2,(H,13,14). The molecule has 8 N–H and O–H groups in total. The smallest absolute Gasteiger partial charge is 0.251 e. The number of nitrogens with one attached hydrogen (secondary N) is 1.